The highest BCUT2D eigenvalue weighted by molar-refractivity contribution is 5.83. The van der Waals surface area contributed by atoms with E-state index < -0.39 is 12.0 Å². The summed E-state index contributed by atoms with van der Waals surface area (Å²) in [6.07, 6.45) is 3.56. The summed E-state index contributed by atoms with van der Waals surface area (Å²) < 4.78 is 5.61. The Kier molecular flexibility index (Phi) is 7.43. The van der Waals surface area contributed by atoms with Gasteiger partial charge in [0, 0.05) is 6.42 Å². The summed E-state index contributed by atoms with van der Waals surface area (Å²) in [5, 5.41) is 14.7. The average molecular weight is 272 g/mol. The Labute approximate surface area is 113 Å². The first kappa shape index (κ1) is 15.9. The van der Waals surface area contributed by atoms with Gasteiger partial charge in [0.25, 0.3) is 0 Å². The van der Waals surface area contributed by atoms with E-state index in [2.05, 4.69) is 10.6 Å². The van der Waals surface area contributed by atoms with Crippen LogP contribution in [0.3, 0.4) is 0 Å². The van der Waals surface area contributed by atoms with Gasteiger partial charge in [-0.15, -0.1) is 0 Å². The normalized spacial score (nSPS) is 17.9. The third-order valence-electron chi connectivity index (χ3n) is 3.18. The molecule has 0 aliphatic carbocycles. The largest absolute Gasteiger partial charge is 0.480 e. The fourth-order valence-electron chi connectivity index (χ4n) is 2.09. The minimum atomic E-state index is -0.977. The monoisotopic (exact) mass is 272 g/mol. The molecule has 0 aromatic heterocycles. The Morgan fingerprint density at radius 3 is 2.68 bits per heavy atom. The maximum absolute atomic E-state index is 11.6. The number of piperidine rings is 1. The molecule has 110 valence electrons. The van der Waals surface area contributed by atoms with E-state index in [1.165, 1.54) is 0 Å². The van der Waals surface area contributed by atoms with Gasteiger partial charge in [-0.25, -0.2) is 4.79 Å². The fourth-order valence-corrected chi connectivity index (χ4v) is 2.09. The number of carboxylic acids is 1. The van der Waals surface area contributed by atoms with Gasteiger partial charge in [0.1, 0.15) is 6.04 Å². The fraction of sp³-hybridized carbons (Fsp3) is 0.846. The van der Waals surface area contributed by atoms with E-state index >= 15 is 0 Å². The molecule has 0 bridgehead atoms. The molecule has 0 aromatic rings. The van der Waals surface area contributed by atoms with Crippen molar-refractivity contribution in [3.63, 3.8) is 0 Å². The summed E-state index contributed by atoms with van der Waals surface area (Å²) in [5.41, 5.74) is 0. The minimum Gasteiger partial charge on any atom is -0.480 e. The first-order valence-corrected chi connectivity index (χ1v) is 6.98. The molecule has 1 aliphatic rings. The van der Waals surface area contributed by atoms with Crippen molar-refractivity contribution >= 4 is 11.9 Å². The average Bonchev–Trinajstić information content (AvgIpc) is 2.39. The summed E-state index contributed by atoms with van der Waals surface area (Å²) in [6.45, 7) is 4.15. The number of nitrogens with one attached hydrogen (secondary N) is 2. The maximum Gasteiger partial charge on any atom is 0.326 e. The number of aliphatic carboxylic acids is 1. The molecular formula is C13H24N2O4. The van der Waals surface area contributed by atoms with Crippen LogP contribution in [0.5, 0.6) is 0 Å². The second-order valence-electron chi connectivity index (χ2n) is 4.82. The van der Waals surface area contributed by atoms with E-state index in [-0.39, 0.29) is 18.4 Å². The van der Waals surface area contributed by atoms with Crippen molar-refractivity contribution in [3.05, 3.63) is 0 Å². The van der Waals surface area contributed by atoms with Gasteiger partial charge in [-0.3, -0.25) is 4.79 Å². The van der Waals surface area contributed by atoms with Crippen molar-refractivity contribution in [1.82, 2.24) is 10.6 Å². The molecule has 1 heterocycles. The lowest BCUT2D eigenvalue weighted by molar-refractivity contribution is -0.142. The summed E-state index contributed by atoms with van der Waals surface area (Å²) in [5.74, 6) is -1.23. The smallest absolute Gasteiger partial charge is 0.326 e. The number of carboxylic acid groups (broad SMARTS) is 1. The number of ether oxygens (including phenoxy) is 1. The Bertz CT molecular complexity index is 290. The minimum absolute atomic E-state index is 0.220. The van der Waals surface area contributed by atoms with Crippen LogP contribution in [0.1, 0.15) is 39.0 Å². The molecule has 3 N–H and O–H groups in total. The molecule has 1 aliphatic heterocycles. The predicted molar refractivity (Wildman–Crippen MR) is 70.9 cm³/mol. The molecule has 19 heavy (non-hydrogen) atoms. The van der Waals surface area contributed by atoms with E-state index in [0.717, 1.165) is 32.4 Å². The van der Waals surface area contributed by atoms with Gasteiger partial charge >= 0.3 is 5.97 Å². The lowest BCUT2D eigenvalue weighted by Crippen LogP contribution is -2.41. The van der Waals surface area contributed by atoms with Crippen LogP contribution in [0.2, 0.25) is 0 Å². The van der Waals surface area contributed by atoms with Crippen LogP contribution in [0, 0.1) is 0 Å². The molecule has 1 amide bonds. The Morgan fingerprint density at radius 2 is 2.11 bits per heavy atom. The molecule has 1 rings (SSSR count). The summed E-state index contributed by atoms with van der Waals surface area (Å²) in [7, 11) is 0. The summed E-state index contributed by atoms with van der Waals surface area (Å²) in [6, 6.07) is -0.781. The van der Waals surface area contributed by atoms with Gasteiger partial charge < -0.3 is 20.5 Å². The number of carbonyl (C=O) groups excluding carboxylic acids is 1. The number of amides is 1. The molecule has 0 saturated carbocycles. The van der Waals surface area contributed by atoms with Crippen LogP contribution in [-0.4, -0.2) is 48.8 Å². The molecule has 1 fully saturated rings. The highest BCUT2D eigenvalue weighted by Crippen LogP contribution is 2.07. The molecule has 0 spiro atoms. The Hall–Kier alpha value is -1.14. The van der Waals surface area contributed by atoms with Gasteiger partial charge in [0.15, 0.2) is 0 Å². The van der Waals surface area contributed by atoms with Gasteiger partial charge in [0.05, 0.1) is 12.7 Å². The second kappa shape index (κ2) is 8.87. The maximum atomic E-state index is 11.6. The number of hydrogen-bond acceptors (Lipinski definition) is 4. The van der Waals surface area contributed by atoms with Crippen molar-refractivity contribution in [1.29, 1.82) is 0 Å². The van der Waals surface area contributed by atoms with Crippen molar-refractivity contribution in [2.24, 2.45) is 0 Å². The lowest BCUT2D eigenvalue weighted by atomic mass is 10.1. The van der Waals surface area contributed by atoms with Crippen molar-refractivity contribution < 1.29 is 19.4 Å². The summed E-state index contributed by atoms with van der Waals surface area (Å²) in [4.78, 5) is 22.5. The van der Waals surface area contributed by atoms with Gasteiger partial charge in [-0.05, 0) is 32.4 Å². The number of hydrogen-bond donors (Lipinski definition) is 3. The first-order chi connectivity index (χ1) is 9.13. The molecule has 1 atom stereocenters. The van der Waals surface area contributed by atoms with E-state index in [0.29, 0.717) is 13.0 Å². The SMILES string of the molecule is CCC[C@H](NC(=O)CCOC1CCNCC1)C(=O)O. The van der Waals surface area contributed by atoms with Crippen LogP contribution in [0.25, 0.3) is 0 Å². The van der Waals surface area contributed by atoms with E-state index in [4.69, 9.17) is 9.84 Å². The zero-order valence-corrected chi connectivity index (χ0v) is 11.5. The third-order valence-corrected chi connectivity index (χ3v) is 3.18. The van der Waals surface area contributed by atoms with Gasteiger partial charge in [-0.1, -0.05) is 13.3 Å². The van der Waals surface area contributed by atoms with Crippen molar-refractivity contribution in [2.45, 2.75) is 51.2 Å². The molecule has 6 heteroatoms. The van der Waals surface area contributed by atoms with Crippen LogP contribution in [0.15, 0.2) is 0 Å². The Morgan fingerprint density at radius 1 is 1.42 bits per heavy atom. The third kappa shape index (κ3) is 6.54. The van der Waals surface area contributed by atoms with Crippen LogP contribution in [0.4, 0.5) is 0 Å². The Balaban J connectivity index is 2.17. The van der Waals surface area contributed by atoms with Crippen molar-refractivity contribution in [3.8, 4) is 0 Å². The molecule has 0 aromatic carbocycles. The van der Waals surface area contributed by atoms with Crippen LogP contribution in [-0.2, 0) is 14.3 Å². The van der Waals surface area contributed by atoms with Gasteiger partial charge in [0.2, 0.25) is 5.91 Å². The standard InChI is InChI=1S/C13H24N2O4/c1-2-3-11(13(17)18)15-12(16)6-9-19-10-4-7-14-8-5-10/h10-11,14H,2-9H2,1H3,(H,15,16)(H,17,18)/t11-/m0/s1. The molecule has 0 unspecified atom stereocenters. The highest BCUT2D eigenvalue weighted by atomic mass is 16.5. The second-order valence-corrected chi connectivity index (χ2v) is 4.82. The molecule has 0 radical (unpaired) electrons. The van der Waals surface area contributed by atoms with E-state index in [1.54, 1.807) is 0 Å². The zero-order valence-electron chi connectivity index (χ0n) is 11.5. The van der Waals surface area contributed by atoms with E-state index in [1.807, 2.05) is 6.92 Å². The molecule has 6 nitrogen and oxygen atoms in total. The lowest BCUT2D eigenvalue weighted by Gasteiger charge is -2.23. The number of carbonyl (C=O) groups is 2. The first-order valence-electron chi connectivity index (χ1n) is 6.98. The highest BCUT2D eigenvalue weighted by Gasteiger charge is 2.19. The quantitative estimate of drug-likeness (QED) is 0.599. The predicted octanol–water partition coefficient (Wildman–Crippen LogP) is 0.515. The van der Waals surface area contributed by atoms with Gasteiger partial charge in [-0.2, -0.15) is 0 Å². The molecular weight excluding hydrogens is 248 g/mol. The number of rotatable bonds is 8. The van der Waals surface area contributed by atoms with Crippen LogP contribution < -0.4 is 10.6 Å². The van der Waals surface area contributed by atoms with E-state index in [9.17, 15) is 9.59 Å². The summed E-state index contributed by atoms with van der Waals surface area (Å²) >= 11 is 0. The van der Waals surface area contributed by atoms with Crippen molar-refractivity contribution in [2.75, 3.05) is 19.7 Å². The zero-order chi connectivity index (χ0) is 14.1. The van der Waals surface area contributed by atoms with Crippen LogP contribution >= 0.6 is 0 Å². The topological polar surface area (TPSA) is 87.7 Å². The molecule has 1 saturated heterocycles.